The molecule has 2 heterocycles. The Bertz CT molecular complexity index is 863. The van der Waals surface area contributed by atoms with Crippen LogP contribution in [0.4, 0.5) is 0 Å². The highest BCUT2D eigenvalue weighted by Gasteiger charge is 2.47. The van der Waals surface area contributed by atoms with Gasteiger partial charge in [0.25, 0.3) is 0 Å². The fourth-order valence-electron chi connectivity index (χ4n) is 2.86. The van der Waals surface area contributed by atoms with Crippen molar-refractivity contribution in [1.82, 2.24) is 0 Å². The number of aromatic hydroxyl groups is 1. The summed E-state index contributed by atoms with van der Waals surface area (Å²) in [6.07, 6.45) is -0.681. The number of carbonyl (C=O) groups excluding carboxylic acids is 1. The minimum atomic E-state index is -0.482. The van der Waals surface area contributed by atoms with Gasteiger partial charge in [-0.25, -0.2) is 0 Å². The van der Waals surface area contributed by atoms with Crippen molar-refractivity contribution in [2.24, 2.45) is 0 Å². The third-order valence-electron chi connectivity index (χ3n) is 3.97. The molecular weight excluding hydrogens is 280 g/mol. The molecule has 22 heavy (non-hydrogen) atoms. The fraction of sp³-hybridized carbons (Fsp3) is 0.167. The summed E-state index contributed by atoms with van der Waals surface area (Å²) in [5.41, 5.74) is 2.08. The molecule has 1 aliphatic rings. The van der Waals surface area contributed by atoms with Gasteiger partial charge in [-0.15, -0.1) is 0 Å². The maximum atomic E-state index is 12.7. The van der Waals surface area contributed by atoms with Gasteiger partial charge >= 0.3 is 0 Å². The van der Waals surface area contributed by atoms with Crippen LogP contribution in [-0.2, 0) is 4.74 Å². The van der Waals surface area contributed by atoms with Gasteiger partial charge in [-0.3, -0.25) is 4.79 Å². The summed E-state index contributed by atoms with van der Waals surface area (Å²) in [6, 6.07) is 14.4. The SMILES string of the molecule is Cc1oc2ccc(O)cc2c1C(=O)[C@@H]1O[C@H]1c1ccccc1. The first-order valence-corrected chi connectivity index (χ1v) is 7.12. The lowest BCUT2D eigenvalue weighted by molar-refractivity contribution is 0.0953. The number of phenolic OH excluding ortho intramolecular Hbond substituents is 1. The molecule has 0 unspecified atom stereocenters. The highest BCUT2D eigenvalue weighted by Crippen LogP contribution is 2.42. The van der Waals surface area contributed by atoms with Crippen molar-refractivity contribution < 1.29 is 19.1 Å². The predicted molar refractivity (Wildman–Crippen MR) is 81.0 cm³/mol. The van der Waals surface area contributed by atoms with Gasteiger partial charge < -0.3 is 14.3 Å². The van der Waals surface area contributed by atoms with Crippen LogP contribution in [0.25, 0.3) is 11.0 Å². The van der Waals surface area contributed by atoms with E-state index >= 15 is 0 Å². The van der Waals surface area contributed by atoms with E-state index in [0.29, 0.717) is 22.3 Å². The Morgan fingerprint density at radius 2 is 1.91 bits per heavy atom. The van der Waals surface area contributed by atoms with E-state index in [4.69, 9.17) is 9.15 Å². The zero-order valence-electron chi connectivity index (χ0n) is 11.9. The van der Waals surface area contributed by atoms with Crippen LogP contribution in [0.2, 0.25) is 0 Å². The third-order valence-corrected chi connectivity index (χ3v) is 3.97. The zero-order valence-corrected chi connectivity index (χ0v) is 11.9. The van der Waals surface area contributed by atoms with Crippen molar-refractivity contribution >= 4 is 16.8 Å². The van der Waals surface area contributed by atoms with Crippen molar-refractivity contribution in [2.75, 3.05) is 0 Å². The molecule has 4 nitrogen and oxygen atoms in total. The van der Waals surface area contributed by atoms with Crippen LogP contribution in [0.3, 0.4) is 0 Å². The highest BCUT2D eigenvalue weighted by atomic mass is 16.6. The first-order chi connectivity index (χ1) is 10.6. The Morgan fingerprint density at radius 1 is 1.14 bits per heavy atom. The number of ketones is 1. The Balaban J connectivity index is 1.70. The van der Waals surface area contributed by atoms with Crippen molar-refractivity contribution in [3.8, 4) is 5.75 Å². The number of ether oxygens (including phenoxy) is 1. The second kappa shape index (κ2) is 4.71. The minimum Gasteiger partial charge on any atom is -0.508 e. The molecule has 4 heteroatoms. The maximum Gasteiger partial charge on any atom is 0.198 e. The van der Waals surface area contributed by atoms with Crippen molar-refractivity contribution in [3.05, 3.63) is 65.4 Å². The van der Waals surface area contributed by atoms with Crippen molar-refractivity contribution in [3.63, 3.8) is 0 Å². The normalized spacial score (nSPS) is 20.2. The van der Waals surface area contributed by atoms with E-state index in [2.05, 4.69) is 0 Å². The van der Waals surface area contributed by atoms with Crippen LogP contribution in [0, 0.1) is 6.92 Å². The van der Waals surface area contributed by atoms with Gasteiger partial charge in [0.1, 0.15) is 23.2 Å². The molecule has 4 rings (SSSR count). The summed E-state index contributed by atoms with van der Waals surface area (Å²) >= 11 is 0. The van der Waals surface area contributed by atoms with E-state index in [0.717, 1.165) is 5.56 Å². The largest absolute Gasteiger partial charge is 0.508 e. The second-order valence-electron chi connectivity index (χ2n) is 5.47. The summed E-state index contributed by atoms with van der Waals surface area (Å²) in [6.45, 7) is 1.75. The number of aryl methyl sites for hydroxylation is 1. The first kappa shape index (κ1) is 13.1. The number of hydrogen-bond acceptors (Lipinski definition) is 4. The lowest BCUT2D eigenvalue weighted by atomic mass is 10.0. The number of fused-ring (bicyclic) bond motifs is 1. The molecule has 0 bridgehead atoms. The van der Waals surface area contributed by atoms with Gasteiger partial charge in [-0.1, -0.05) is 30.3 Å². The molecule has 0 radical (unpaired) electrons. The van der Waals surface area contributed by atoms with E-state index in [9.17, 15) is 9.90 Å². The summed E-state index contributed by atoms with van der Waals surface area (Å²) in [4.78, 5) is 12.7. The molecule has 1 aliphatic heterocycles. The number of furan rings is 1. The molecule has 1 fully saturated rings. The number of carbonyl (C=O) groups is 1. The average molecular weight is 294 g/mol. The van der Waals surface area contributed by atoms with Crippen molar-refractivity contribution in [1.29, 1.82) is 0 Å². The first-order valence-electron chi connectivity index (χ1n) is 7.12. The molecule has 0 amide bonds. The van der Waals surface area contributed by atoms with E-state index in [-0.39, 0.29) is 17.6 Å². The molecule has 1 N–H and O–H groups in total. The van der Waals surface area contributed by atoms with E-state index < -0.39 is 6.10 Å². The zero-order chi connectivity index (χ0) is 15.3. The van der Waals surface area contributed by atoms with Crippen LogP contribution >= 0.6 is 0 Å². The van der Waals surface area contributed by atoms with Gasteiger partial charge in [0.2, 0.25) is 0 Å². The van der Waals surface area contributed by atoms with Gasteiger partial charge in [0.15, 0.2) is 11.9 Å². The lowest BCUT2D eigenvalue weighted by Crippen LogP contribution is -2.09. The minimum absolute atomic E-state index is 0.101. The smallest absolute Gasteiger partial charge is 0.198 e. The molecule has 1 saturated heterocycles. The number of hydrogen-bond donors (Lipinski definition) is 1. The van der Waals surface area contributed by atoms with Gasteiger partial charge in [-0.2, -0.15) is 0 Å². The monoisotopic (exact) mass is 294 g/mol. The maximum absolute atomic E-state index is 12.7. The molecule has 2 aromatic carbocycles. The molecule has 1 aromatic heterocycles. The third kappa shape index (κ3) is 2.00. The summed E-state index contributed by atoms with van der Waals surface area (Å²) in [5, 5.41) is 10.3. The van der Waals surface area contributed by atoms with Crippen LogP contribution in [0.5, 0.6) is 5.75 Å². The standard InChI is InChI=1S/C18H14O4/c1-10-15(13-9-12(19)7-8-14(13)21-10)16(20)18-17(22-18)11-5-3-2-4-6-11/h2-9,17-19H,1H3/t17-,18-/m0/s1. The Labute approximate surface area is 126 Å². The van der Waals surface area contributed by atoms with E-state index in [1.54, 1.807) is 25.1 Å². The molecule has 2 atom stereocenters. The Kier molecular flexibility index (Phi) is 2.81. The Hall–Kier alpha value is -2.59. The van der Waals surface area contributed by atoms with E-state index in [1.807, 2.05) is 30.3 Å². The van der Waals surface area contributed by atoms with Crippen LogP contribution < -0.4 is 0 Å². The molecule has 0 spiro atoms. The van der Waals surface area contributed by atoms with Crippen LogP contribution in [0.1, 0.15) is 27.8 Å². The lowest BCUT2D eigenvalue weighted by Gasteiger charge is -1.98. The number of benzene rings is 2. The highest BCUT2D eigenvalue weighted by molar-refractivity contribution is 6.11. The summed E-state index contributed by atoms with van der Waals surface area (Å²) in [7, 11) is 0. The van der Waals surface area contributed by atoms with Gasteiger partial charge in [-0.05, 0) is 30.7 Å². The quantitative estimate of drug-likeness (QED) is 0.590. The number of phenols is 1. The van der Waals surface area contributed by atoms with Gasteiger partial charge in [0, 0.05) is 5.39 Å². The van der Waals surface area contributed by atoms with Gasteiger partial charge in [0.05, 0.1) is 5.56 Å². The number of rotatable bonds is 3. The number of epoxide rings is 1. The second-order valence-corrected chi connectivity index (χ2v) is 5.47. The van der Waals surface area contributed by atoms with Crippen LogP contribution in [-0.4, -0.2) is 17.0 Å². The van der Waals surface area contributed by atoms with Crippen molar-refractivity contribution in [2.45, 2.75) is 19.1 Å². The molecule has 110 valence electrons. The predicted octanol–water partition coefficient (Wildman–Crippen LogP) is 3.77. The topological polar surface area (TPSA) is 63.0 Å². The molecule has 0 aliphatic carbocycles. The Morgan fingerprint density at radius 3 is 2.68 bits per heavy atom. The fourth-order valence-corrected chi connectivity index (χ4v) is 2.86. The summed E-state index contributed by atoms with van der Waals surface area (Å²) < 4.78 is 11.2. The van der Waals surface area contributed by atoms with Crippen LogP contribution in [0.15, 0.2) is 52.9 Å². The average Bonchev–Trinajstić information content (AvgIpc) is 3.25. The molecule has 3 aromatic rings. The van der Waals surface area contributed by atoms with E-state index in [1.165, 1.54) is 0 Å². The number of Topliss-reactive ketones (excluding diaryl/α,β-unsaturated/α-hetero) is 1. The summed E-state index contributed by atoms with van der Waals surface area (Å²) in [5.74, 6) is 0.558. The molecular formula is C18H14O4. The molecule has 0 saturated carbocycles.